The highest BCUT2D eigenvalue weighted by atomic mass is 16.6. The highest BCUT2D eigenvalue weighted by Gasteiger charge is 2.16. The number of amides is 1. The van der Waals surface area contributed by atoms with Gasteiger partial charge >= 0.3 is 12.1 Å². The quantitative estimate of drug-likeness (QED) is 0.725. The Morgan fingerprint density at radius 3 is 2.38 bits per heavy atom. The summed E-state index contributed by atoms with van der Waals surface area (Å²) in [7, 11) is 0. The molecule has 0 spiro atoms. The number of carbonyl (C=O) groups excluding carboxylic acids is 2. The molecule has 0 N–H and O–H groups in total. The summed E-state index contributed by atoms with van der Waals surface area (Å²) in [4.78, 5) is 25.2. The number of esters is 1. The Kier molecular flexibility index (Phi) is 7.29. The van der Waals surface area contributed by atoms with Crippen molar-refractivity contribution >= 4 is 12.1 Å². The van der Waals surface area contributed by atoms with Crippen molar-refractivity contribution in [1.82, 2.24) is 4.90 Å². The fourth-order valence-electron chi connectivity index (χ4n) is 1.81. The number of benzene rings is 1. The Labute approximate surface area is 125 Å². The van der Waals surface area contributed by atoms with Gasteiger partial charge in [0.25, 0.3) is 0 Å². The molecule has 21 heavy (non-hydrogen) atoms. The summed E-state index contributed by atoms with van der Waals surface area (Å²) in [5.41, 5.74) is 0.652. The minimum atomic E-state index is -0.408. The van der Waals surface area contributed by atoms with Crippen molar-refractivity contribution < 1.29 is 19.1 Å². The average Bonchev–Trinajstić information content (AvgIpc) is 2.48. The molecule has 0 saturated carbocycles. The lowest BCUT2D eigenvalue weighted by atomic mass is 10.1. The molecule has 1 rings (SSSR count). The molecular formula is C16H23NO4. The van der Waals surface area contributed by atoms with Gasteiger partial charge in [0.2, 0.25) is 0 Å². The maximum Gasteiger partial charge on any atom is 0.415 e. The summed E-state index contributed by atoms with van der Waals surface area (Å²) in [5, 5.41) is 0. The summed E-state index contributed by atoms with van der Waals surface area (Å²) in [6.07, 6.45) is 0.473. The van der Waals surface area contributed by atoms with E-state index >= 15 is 0 Å². The van der Waals surface area contributed by atoms with Gasteiger partial charge in [0, 0.05) is 18.7 Å². The molecule has 0 aromatic heterocycles. The van der Waals surface area contributed by atoms with E-state index in [0.717, 1.165) is 6.42 Å². The van der Waals surface area contributed by atoms with E-state index in [-0.39, 0.29) is 12.4 Å². The van der Waals surface area contributed by atoms with Gasteiger partial charge in [-0.15, -0.1) is 0 Å². The lowest BCUT2D eigenvalue weighted by Crippen LogP contribution is -2.33. The first-order valence-electron chi connectivity index (χ1n) is 7.32. The highest BCUT2D eigenvalue weighted by molar-refractivity contribution is 5.75. The van der Waals surface area contributed by atoms with Gasteiger partial charge in [-0.2, -0.15) is 0 Å². The molecule has 116 valence electrons. The molecule has 1 amide bonds. The van der Waals surface area contributed by atoms with Crippen LogP contribution in [-0.4, -0.2) is 36.7 Å². The predicted octanol–water partition coefficient (Wildman–Crippen LogP) is 3.02. The van der Waals surface area contributed by atoms with Crippen LogP contribution in [0.1, 0.15) is 32.8 Å². The van der Waals surface area contributed by atoms with Gasteiger partial charge in [-0.05, 0) is 26.3 Å². The van der Waals surface area contributed by atoms with Crippen LogP contribution in [0.15, 0.2) is 24.3 Å². The molecule has 0 bridgehead atoms. The van der Waals surface area contributed by atoms with Crippen LogP contribution < -0.4 is 4.74 Å². The SMILES string of the molecule is CCCOC(=O)Cc1ccccc1OC(=O)N(CC)CC. The van der Waals surface area contributed by atoms with E-state index in [1.54, 1.807) is 29.2 Å². The second kappa shape index (κ2) is 9.00. The third-order valence-electron chi connectivity index (χ3n) is 2.99. The Balaban J connectivity index is 2.75. The van der Waals surface area contributed by atoms with Crippen LogP contribution in [-0.2, 0) is 16.0 Å². The number of carbonyl (C=O) groups is 2. The monoisotopic (exact) mass is 293 g/mol. The topological polar surface area (TPSA) is 55.8 Å². The second-order valence-corrected chi connectivity index (χ2v) is 4.55. The fourth-order valence-corrected chi connectivity index (χ4v) is 1.81. The van der Waals surface area contributed by atoms with Gasteiger partial charge in [0.1, 0.15) is 5.75 Å². The summed E-state index contributed by atoms with van der Waals surface area (Å²) >= 11 is 0. The first-order valence-corrected chi connectivity index (χ1v) is 7.32. The van der Waals surface area contributed by atoms with Crippen molar-refractivity contribution in [2.75, 3.05) is 19.7 Å². The van der Waals surface area contributed by atoms with Gasteiger partial charge in [-0.25, -0.2) is 4.79 Å². The lowest BCUT2D eigenvalue weighted by Gasteiger charge is -2.19. The zero-order valence-electron chi connectivity index (χ0n) is 12.9. The standard InChI is InChI=1S/C16H23NO4/c1-4-11-20-15(18)12-13-9-7-8-10-14(13)21-16(19)17(5-2)6-3/h7-10H,4-6,11-12H2,1-3H3. The van der Waals surface area contributed by atoms with E-state index in [1.807, 2.05) is 20.8 Å². The third-order valence-corrected chi connectivity index (χ3v) is 2.99. The number of rotatable bonds is 7. The molecule has 0 aliphatic heterocycles. The molecule has 0 aliphatic carbocycles. The van der Waals surface area contributed by atoms with E-state index in [9.17, 15) is 9.59 Å². The number of ether oxygens (including phenoxy) is 2. The predicted molar refractivity (Wildman–Crippen MR) is 80.3 cm³/mol. The van der Waals surface area contributed by atoms with Gasteiger partial charge in [0.05, 0.1) is 13.0 Å². The first-order chi connectivity index (χ1) is 10.1. The van der Waals surface area contributed by atoms with Gasteiger partial charge in [-0.3, -0.25) is 4.79 Å². The molecule has 5 heteroatoms. The summed E-state index contributed by atoms with van der Waals surface area (Å²) in [6, 6.07) is 7.02. The Bertz CT molecular complexity index is 469. The number of nitrogens with zero attached hydrogens (tertiary/aromatic N) is 1. The lowest BCUT2D eigenvalue weighted by molar-refractivity contribution is -0.142. The maximum absolute atomic E-state index is 12.0. The molecule has 1 aromatic carbocycles. The zero-order chi connectivity index (χ0) is 15.7. The average molecular weight is 293 g/mol. The van der Waals surface area contributed by atoms with Crippen LogP contribution in [0.2, 0.25) is 0 Å². The van der Waals surface area contributed by atoms with Gasteiger partial charge in [-0.1, -0.05) is 25.1 Å². The summed E-state index contributed by atoms with van der Waals surface area (Å²) < 4.78 is 10.4. The van der Waals surface area contributed by atoms with Crippen molar-refractivity contribution in [3.8, 4) is 5.75 Å². The largest absolute Gasteiger partial charge is 0.465 e. The van der Waals surface area contributed by atoms with E-state index in [1.165, 1.54) is 0 Å². The summed E-state index contributed by atoms with van der Waals surface area (Å²) in [6.45, 7) is 7.27. The fraction of sp³-hybridized carbons (Fsp3) is 0.500. The van der Waals surface area contributed by atoms with Crippen molar-refractivity contribution in [1.29, 1.82) is 0 Å². The Morgan fingerprint density at radius 2 is 1.76 bits per heavy atom. The van der Waals surface area contributed by atoms with E-state index in [4.69, 9.17) is 9.47 Å². The van der Waals surface area contributed by atoms with Crippen LogP contribution in [0.5, 0.6) is 5.75 Å². The van der Waals surface area contributed by atoms with E-state index in [2.05, 4.69) is 0 Å². The minimum Gasteiger partial charge on any atom is -0.465 e. The minimum absolute atomic E-state index is 0.0989. The molecule has 0 heterocycles. The van der Waals surface area contributed by atoms with Crippen LogP contribution in [0.3, 0.4) is 0 Å². The normalized spacial score (nSPS) is 10.0. The number of hydrogen-bond acceptors (Lipinski definition) is 4. The van der Waals surface area contributed by atoms with E-state index in [0.29, 0.717) is 31.0 Å². The molecule has 0 fully saturated rings. The Morgan fingerprint density at radius 1 is 1.10 bits per heavy atom. The molecule has 0 saturated heterocycles. The number of hydrogen-bond donors (Lipinski definition) is 0. The number of para-hydroxylation sites is 1. The van der Waals surface area contributed by atoms with Gasteiger partial charge in [0.15, 0.2) is 0 Å². The van der Waals surface area contributed by atoms with Crippen LogP contribution in [0, 0.1) is 0 Å². The van der Waals surface area contributed by atoms with Crippen LogP contribution in [0.4, 0.5) is 4.79 Å². The van der Waals surface area contributed by atoms with E-state index < -0.39 is 6.09 Å². The Hall–Kier alpha value is -2.04. The zero-order valence-corrected chi connectivity index (χ0v) is 12.9. The second-order valence-electron chi connectivity index (χ2n) is 4.55. The smallest absolute Gasteiger partial charge is 0.415 e. The van der Waals surface area contributed by atoms with Crippen LogP contribution >= 0.6 is 0 Å². The van der Waals surface area contributed by atoms with Crippen molar-refractivity contribution in [2.45, 2.75) is 33.6 Å². The maximum atomic E-state index is 12.0. The van der Waals surface area contributed by atoms with Crippen molar-refractivity contribution in [2.24, 2.45) is 0 Å². The van der Waals surface area contributed by atoms with Gasteiger partial charge < -0.3 is 14.4 Å². The molecule has 1 aromatic rings. The summed E-state index contributed by atoms with van der Waals surface area (Å²) in [5.74, 6) is 0.0889. The molecule has 0 atom stereocenters. The van der Waals surface area contributed by atoms with Crippen LogP contribution in [0.25, 0.3) is 0 Å². The molecule has 0 radical (unpaired) electrons. The third kappa shape index (κ3) is 5.45. The van der Waals surface area contributed by atoms with Crippen molar-refractivity contribution in [3.05, 3.63) is 29.8 Å². The molecule has 0 aliphatic rings. The molecule has 5 nitrogen and oxygen atoms in total. The molecular weight excluding hydrogens is 270 g/mol. The first kappa shape index (κ1) is 17.0. The highest BCUT2D eigenvalue weighted by Crippen LogP contribution is 2.20. The van der Waals surface area contributed by atoms with Crippen molar-refractivity contribution in [3.63, 3.8) is 0 Å². The molecule has 0 unspecified atom stereocenters.